The first kappa shape index (κ1) is 10.8. The van der Waals surface area contributed by atoms with Crippen LogP contribution in [-0.2, 0) is 9.53 Å². The van der Waals surface area contributed by atoms with Crippen molar-refractivity contribution in [2.75, 3.05) is 7.11 Å². The number of ether oxygens (including phenoxy) is 1. The Morgan fingerprint density at radius 1 is 1.75 bits per heavy atom. The quantitative estimate of drug-likeness (QED) is 0.243. The van der Waals surface area contributed by atoms with E-state index in [1.807, 2.05) is 0 Å². The number of halogens is 2. The summed E-state index contributed by atoms with van der Waals surface area (Å²) in [6.45, 7) is 0. The van der Waals surface area contributed by atoms with Crippen LogP contribution < -0.4 is 0 Å². The zero-order chi connectivity index (χ0) is 9.72. The van der Waals surface area contributed by atoms with Crippen molar-refractivity contribution < 1.29 is 19.0 Å². The Labute approximate surface area is 71.7 Å². The molecule has 7 heteroatoms. The predicted molar refractivity (Wildman–Crippen MR) is 38.2 cm³/mol. The molecule has 0 radical (unpaired) electrons. The van der Waals surface area contributed by atoms with E-state index in [9.17, 15) is 14.1 Å². The molecule has 1 N–H and O–H groups in total. The molecule has 0 amide bonds. The number of hydrogen-bond donors (Lipinski definition) is 1. The lowest BCUT2D eigenvalue weighted by Gasteiger charge is -2.00. The van der Waals surface area contributed by atoms with Gasteiger partial charge in [0.25, 0.3) is 0 Å². The molecule has 0 aliphatic rings. The first-order valence-electron chi connectivity index (χ1n) is 2.67. The van der Waals surface area contributed by atoms with Crippen molar-refractivity contribution in [3.8, 4) is 0 Å². The minimum absolute atomic E-state index is 0.947. The highest BCUT2D eigenvalue weighted by Gasteiger charge is 2.22. The molecule has 0 bridgehead atoms. The molecule has 68 valence electrons. The van der Waals surface area contributed by atoms with Gasteiger partial charge in [-0.25, -0.2) is 9.18 Å². The van der Waals surface area contributed by atoms with Gasteiger partial charge >= 0.3 is 5.97 Å². The average Bonchev–Trinajstić information content (AvgIpc) is 2.05. The molecular formula is C5H5ClFNO4. The Bertz CT molecular complexity index is 227. The van der Waals surface area contributed by atoms with Gasteiger partial charge in [0.2, 0.25) is 11.3 Å². The molecule has 0 heterocycles. The van der Waals surface area contributed by atoms with E-state index in [0.717, 1.165) is 7.11 Å². The monoisotopic (exact) mass is 197 g/mol. The molecule has 5 nitrogen and oxygen atoms in total. The molecule has 0 aromatic rings. The molecule has 0 fully saturated rings. The van der Waals surface area contributed by atoms with Crippen molar-refractivity contribution in [2.24, 2.45) is 5.18 Å². The van der Waals surface area contributed by atoms with Crippen LogP contribution in [0.15, 0.2) is 16.6 Å². The highest BCUT2D eigenvalue weighted by molar-refractivity contribution is 6.21. The highest BCUT2D eigenvalue weighted by atomic mass is 35.5. The third-order valence-electron chi connectivity index (χ3n) is 0.919. The summed E-state index contributed by atoms with van der Waals surface area (Å²) in [7, 11) is 0.947. The second-order valence-electron chi connectivity index (χ2n) is 1.62. The molecule has 0 aliphatic carbocycles. The summed E-state index contributed by atoms with van der Waals surface area (Å²) in [6.07, 6.45) is 0. The lowest BCUT2D eigenvalue weighted by atomic mass is 10.4. The molecule has 0 aromatic carbocycles. The minimum Gasteiger partial charge on any atom is -0.506 e. The second-order valence-corrected chi connectivity index (χ2v) is 2.00. The molecule has 0 saturated heterocycles. The molecule has 0 aromatic heterocycles. The van der Waals surface area contributed by atoms with E-state index < -0.39 is 23.1 Å². The van der Waals surface area contributed by atoms with Gasteiger partial charge in [0, 0.05) is 0 Å². The van der Waals surface area contributed by atoms with Gasteiger partial charge in [-0.15, -0.1) is 4.91 Å². The van der Waals surface area contributed by atoms with Gasteiger partial charge in [-0.05, 0) is 5.18 Å². The SMILES string of the molecule is COC(=O)C(N=O)=C(O)C(F)Cl. The van der Waals surface area contributed by atoms with Gasteiger partial charge in [0.15, 0.2) is 5.76 Å². The van der Waals surface area contributed by atoms with Crippen LogP contribution in [0.3, 0.4) is 0 Å². The van der Waals surface area contributed by atoms with Gasteiger partial charge in [0.1, 0.15) is 0 Å². The summed E-state index contributed by atoms with van der Waals surface area (Å²) >= 11 is 4.72. The molecule has 1 unspecified atom stereocenters. The van der Waals surface area contributed by atoms with E-state index in [1.165, 1.54) is 0 Å². The maximum absolute atomic E-state index is 12.1. The molecule has 0 spiro atoms. The molecule has 0 saturated carbocycles. The van der Waals surface area contributed by atoms with Gasteiger partial charge in [-0.2, -0.15) is 0 Å². The maximum atomic E-state index is 12.1. The van der Waals surface area contributed by atoms with Gasteiger partial charge in [-0.3, -0.25) is 0 Å². The first-order valence-corrected chi connectivity index (χ1v) is 3.11. The molecule has 0 rings (SSSR count). The van der Waals surface area contributed by atoms with Crippen LogP contribution in [0.4, 0.5) is 4.39 Å². The van der Waals surface area contributed by atoms with Crippen LogP contribution in [0.25, 0.3) is 0 Å². The summed E-state index contributed by atoms with van der Waals surface area (Å²) in [5, 5.41) is 10.7. The van der Waals surface area contributed by atoms with E-state index in [0.29, 0.717) is 0 Å². The summed E-state index contributed by atoms with van der Waals surface area (Å²) in [4.78, 5) is 20.4. The van der Waals surface area contributed by atoms with Crippen LogP contribution in [0.1, 0.15) is 0 Å². The van der Waals surface area contributed by atoms with Gasteiger partial charge in [0.05, 0.1) is 7.11 Å². The largest absolute Gasteiger partial charge is 0.506 e. The zero-order valence-electron chi connectivity index (χ0n) is 5.95. The number of aliphatic hydroxyl groups excluding tert-OH is 1. The first-order chi connectivity index (χ1) is 5.54. The average molecular weight is 198 g/mol. The smallest absolute Gasteiger partial charge is 0.364 e. The van der Waals surface area contributed by atoms with Crippen molar-refractivity contribution in [1.29, 1.82) is 0 Å². The van der Waals surface area contributed by atoms with E-state index in [-0.39, 0.29) is 0 Å². The highest BCUT2D eigenvalue weighted by Crippen LogP contribution is 2.14. The van der Waals surface area contributed by atoms with Crippen molar-refractivity contribution in [3.63, 3.8) is 0 Å². The number of nitroso groups, excluding NO2 is 1. The number of carbonyl (C=O) groups is 1. The number of aliphatic hydroxyl groups is 1. The van der Waals surface area contributed by atoms with Crippen molar-refractivity contribution in [2.45, 2.75) is 5.63 Å². The Balaban J connectivity index is 4.85. The number of hydrogen-bond acceptors (Lipinski definition) is 5. The predicted octanol–water partition coefficient (Wildman–Crippen LogP) is 1.23. The van der Waals surface area contributed by atoms with E-state index in [1.54, 1.807) is 0 Å². The zero-order valence-corrected chi connectivity index (χ0v) is 6.71. The molecular weight excluding hydrogens is 193 g/mol. The fourth-order valence-corrected chi connectivity index (χ4v) is 0.492. The lowest BCUT2D eigenvalue weighted by Crippen LogP contribution is -2.09. The number of esters is 1. The van der Waals surface area contributed by atoms with E-state index >= 15 is 0 Å². The Morgan fingerprint density at radius 3 is 2.50 bits per heavy atom. The Kier molecular flexibility index (Phi) is 4.20. The van der Waals surface area contributed by atoms with Crippen molar-refractivity contribution in [1.82, 2.24) is 0 Å². The maximum Gasteiger partial charge on any atom is 0.364 e. The van der Waals surface area contributed by atoms with E-state index in [4.69, 9.17) is 16.7 Å². The van der Waals surface area contributed by atoms with Crippen LogP contribution in [0, 0.1) is 4.91 Å². The fourth-order valence-electron chi connectivity index (χ4n) is 0.389. The number of rotatable bonds is 3. The number of methoxy groups -OCH3 is 1. The summed E-state index contributed by atoms with van der Waals surface area (Å²) < 4.78 is 16.1. The number of alkyl halides is 2. The third kappa shape index (κ3) is 2.46. The van der Waals surface area contributed by atoms with Crippen LogP contribution in [0.5, 0.6) is 0 Å². The molecule has 0 aliphatic heterocycles. The third-order valence-corrected chi connectivity index (χ3v) is 1.13. The number of allylic oxidation sites excluding steroid dienone is 1. The summed E-state index contributed by atoms with van der Waals surface area (Å²) in [5.41, 5.74) is -3.42. The number of nitrogens with zero attached hydrogens (tertiary/aromatic N) is 1. The van der Waals surface area contributed by atoms with Gasteiger partial charge in [-0.1, -0.05) is 11.6 Å². The van der Waals surface area contributed by atoms with Crippen LogP contribution in [0.2, 0.25) is 0 Å². The topological polar surface area (TPSA) is 76.0 Å². The van der Waals surface area contributed by atoms with Crippen LogP contribution in [-0.4, -0.2) is 23.8 Å². The summed E-state index contributed by atoms with van der Waals surface area (Å²) in [6, 6.07) is 0. The van der Waals surface area contributed by atoms with E-state index in [2.05, 4.69) is 9.91 Å². The van der Waals surface area contributed by atoms with Gasteiger partial charge < -0.3 is 9.84 Å². The summed E-state index contributed by atoms with van der Waals surface area (Å²) in [5.74, 6) is -2.50. The van der Waals surface area contributed by atoms with Crippen LogP contribution >= 0.6 is 11.6 Å². The molecule has 1 atom stereocenters. The molecule has 12 heavy (non-hydrogen) atoms. The number of carbonyl (C=O) groups excluding carboxylic acids is 1. The second kappa shape index (κ2) is 4.66. The van der Waals surface area contributed by atoms with Crippen molar-refractivity contribution in [3.05, 3.63) is 16.4 Å². The Morgan fingerprint density at radius 2 is 2.25 bits per heavy atom. The minimum atomic E-state index is -2.35. The standard InChI is InChI=1S/C5H5ClFNO4/c1-12-5(10)2(8-11)3(9)4(6)7/h4,9H,1H3. The normalized spacial score (nSPS) is 14.6. The Hall–Kier alpha value is -1.17. The fraction of sp³-hybridized carbons (Fsp3) is 0.400. The lowest BCUT2D eigenvalue weighted by molar-refractivity contribution is -0.136. The van der Waals surface area contributed by atoms with Crippen molar-refractivity contribution >= 4 is 17.6 Å².